The zero-order valence-electron chi connectivity index (χ0n) is 22.0. The number of aryl methyl sites for hydroxylation is 1. The van der Waals surface area contributed by atoms with Crippen LogP contribution in [0.2, 0.25) is 0 Å². The minimum absolute atomic E-state index is 0.781. The van der Waals surface area contributed by atoms with Gasteiger partial charge in [0.15, 0.2) is 0 Å². The third-order valence-electron chi connectivity index (χ3n) is 8.81. The number of allylic oxidation sites excluding steroid dienone is 2. The summed E-state index contributed by atoms with van der Waals surface area (Å²) >= 11 is 0. The molecule has 2 aliphatic rings. The van der Waals surface area contributed by atoms with E-state index in [0.29, 0.717) is 0 Å². The van der Waals surface area contributed by atoms with Gasteiger partial charge in [-0.1, -0.05) is 100 Å². The first kappa shape index (κ1) is 25.3. The molecule has 0 saturated heterocycles. The molecule has 2 fully saturated rings. The maximum Gasteiger partial charge on any atom is -0.0162 e. The molecule has 2 aliphatic carbocycles. The van der Waals surface area contributed by atoms with Gasteiger partial charge in [-0.05, 0) is 110 Å². The molecule has 0 bridgehead atoms. The van der Waals surface area contributed by atoms with Crippen LogP contribution in [0.25, 0.3) is 11.1 Å². The van der Waals surface area contributed by atoms with Crippen molar-refractivity contribution >= 4 is 0 Å². The zero-order valence-corrected chi connectivity index (χ0v) is 22.0. The van der Waals surface area contributed by atoms with E-state index in [2.05, 4.69) is 74.5 Å². The van der Waals surface area contributed by atoms with E-state index in [1.165, 1.54) is 100 Å². The lowest BCUT2D eigenvalue weighted by Crippen LogP contribution is -2.13. The topological polar surface area (TPSA) is 0 Å². The molecule has 0 heterocycles. The number of hydrogen-bond donors (Lipinski definition) is 0. The number of benzene rings is 2. The van der Waals surface area contributed by atoms with E-state index in [-0.39, 0.29) is 0 Å². The van der Waals surface area contributed by atoms with Gasteiger partial charge < -0.3 is 0 Å². The summed E-state index contributed by atoms with van der Waals surface area (Å²) in [7, 11) is 0. The summed E-state index contributed by atoms with van der Waals surface area (Å²) in [5.74, 6) is 3.61. The lowest BCUT2D eigenvalue weighted by molar-refractivity contribution is 0.294. The van der Waals surface area contributed by atoms with Crippen molar-refractivity contribution < 1.29 is 0 Å². The van der Waals surface area contributed by atoms with Crippen LogP contribution in [0, 0.1) is 17.8 Å². The van der Waals surface area contributed by atoms with Crippen molar-refractivity contribution in [3.05, 3.63) is 71.8 Å². The van der Waals surface area contributed by atoms with Gasteiger partial charge in [0.2, 0.25) is 0 Å². The van der Waals surface area contributed by atoms with Crippen LogP contribution in [0.1, 0.15) is 114 Å². The molecule has 2 saturated carbocycles. The third kappa shape index (κ3) is 7.34. The third-order valence-corrected chi connectivity index (χ3v) is 8.81. The van der Waals surface area contributed by atoms with Crippen LogP contribution in [0.5, 0.6) is 0 Å². The molecular formula is C34H48. The van der Waals surface area contributed by atoms with E-state index in [0.717, 1.165) is 30.1 Å². The van der Waals surface area contributed by atoms with Crippen LogP contribution in [0.4, 0.5) is 0 Å². The van der Waals surface area contributed by atoms with Gasteiger partial charge >= 0.3 is 0 Å². The highest BCUT2D eigenvalue weighted by atomic mass is 14.3. The van der Waals surface area contributed by atoms with Gasteiger partial charge in [0, 0.05) is 0 Å². The summed E-state index contributed by atoms with van der Waals surface area (Å²) < 4.78 is 0. The van der Waals surface area contributed by atoms with Gasteiger partial charge in [-0.2, -0.15) is 0 Å². The Kier molecular flexibility index (Phi) is 9.90. The second-order valence-corrected chi connectivity index (χ2v) is 11.4. The Morgan fingerprint density at radius 3 is 1.74 bits per heavy atom. The lowest BCUT2D eigenvalue weighted by atomic mass is 9.77. The van der Waals surface area contributed by atoms with Crippen molar-refractivity contribution in [2.24, 2.45) is 17.8 Å². The summed E-state index contributed by atoms with van der Waals surface area (Å²) in [6.45, 7) is 4.66. The molecule has 0 aliphatic heterocycles. The average molecular weight is 457 g/mol. The van der Waals surface area contributed by atoms with Crippen molar-refractivity contribution in [2.75, 3.05) is 0 Å². The van der Waals surface area contributed by atoms with E-state index in [1.54, 1.807) is 5.56 Å². The average Bonchev–Trinajstić information content (AvgIpc) is 2.89. The summed E-state index contributed by atoms with van der Waals surface area (Å²) in [5.41, 5.74) is 5.72. The normalized spacial score (nSPS) is 25.6. The van der Waals surface area contributed by atoms with E-state index >= 15 is 0 Å². The highest BCUT2D eigenvalue weighted by Crippen LogP contribution is 2.38. The minimum atomic E-state index is 0.781. The van der Waals surface area contributed by atoms with Crippen LogP contribution in [0.3, 0.4) is 0 Å². The van der Waals surface area contributed by atoms with Crippen LogP contribution >= 0.6 is 0 Å². The van der Waals surface area contributed by atoms with E-state index in [9.17, 15) is 0 Å². The van der Waals surface area contributed by atoms with Gasteiger partial charge in [-0.15, -0.1) is 0 Å². The van der Waals surface area contributed by atoms with Crippen LogP contribution < -0.4 is 0 Å². The largest absolute Gasteiger partial charge is 0.0879 e. The Hall–Kier alpha value is -1.82. The van der Waals surface area contributed by atoms with E-state index in [4.69, 9.17) is 0 Å². The second-order valence-electron chi connectivity index (χ2n) is 11.4. The van der Waals surface area contributed by atoms with Crippen molar-refractivity contribution in [3.8, 4) is 11.1 Å². The molecule has 0 unspecified atom stereocenters. The first-order valence-electron chi connectivity index (χ1n) is 14.6. The molecule has 0 N–H and O–H groups in total. The fourth-order valence-corrected chi connectivity index (χ4v) is 6.62. The first-order valence-corrected chi connectivity index (χ1v) is 14.6. The first-order chi connectivity index (χ1) is 16.7. The molecule has 0 aromatic heterocycles. The number of rotatable bonds is 10. The van der Waals surface area contributed by atoms with Gasteiger partial charge in [-0.25, -0.2) is 0 Å². The highest BCUT2D eigenvalue weighted by molar-refractivity contribution is 5.64. The number of hydrogen-bond acceptors (Lipinski definition) is 0. The molecular weight excluding hydrogens is 408 g/mol. The Labute approximate surface area is 210 Å². The molecule has 0 spiro atoms. The van der Waals surface area contributed by atoms with Gasteiger partial charge in [0.05, 0.1) is 0 Å². The van der Waals surface area contributed by atoms with Crippen LogP contribution in [0.15, 0.2) is 60.7 Å². The smallest absolute Gasteiger partial charge is 0.0162 e. The molecule has 0 atom stereocenters. The molecule has 184 valence electrons. The molecule has 0 heteroatoms. The van der Waals surface area contributed by atoms with Crippen LogP contribution in [-0.2, 0) is 6.42 Å². The Morgan fingerprint density at radius 2 is 1.18 bits per heavy atom. The van der Waals surface area contributed by atoms with Crippen molar-refractivity contribution in [2.45, 2.75) is 110 Å². The van der Waals surface area contributed by atoms with Crippen molar-refractivity contribution in [1.82, 2.24) is 0 Å². The zero-order chi connectivity index (χ0) is 23.6. The molecule has 34 heavy (non-hydrogen) atoms. The Balaban J connectivity index is 1.21. The maximum atomic E-state index is 2.52. The fourth-order valence-electron chi connectivity index (χ4n) is 6.62. The SMILES string of the molecule is CCC[C@H]1CC[C@H](/C=C/CCc2ccc(-c3ccc([C@H]4CC[C@H](CCC)CC4)cc3)cc2)CC1. The summed E-state index contributed by atoms with van der Waals surface area (Å²) in [4.78, 5) is 0. The summed E-state index contributed by atoms with van der Waals surface area (Å²) in [6.07, 6.45) is 24.2. The van der Waals surface area contributed by atoms with Crippen molar-refractivity contribution in [1.29, 1.82) is 0 Å². The molecule has 2 aromatic carbocycles. The summed E-state index contributed by atoms with van der Waals surface area (Å²) in [6, 6.07) is 18.8. The predicted octanol–water partition coefficient (Wildman–Crippen LogP) is 10.5. The standard InChI is InChI=1S/C34H48/c1-3-7-27-11-13-29(14-12-27)9-5-6-10-30-17-21-32(22-18-30)34-25-23-33(24-26-34)31-19-15-28(8-4-2)16-20-31/h5,9,17-18,21-29,31H,3-4,6-8,10-16,19-20H2,1-2H3/b9-5+/t27-,28-,29-,31-. The quantitative estimate of drug-likeness (QED) is 0.312. The molecule has 2 aromatic rings. The van der Waals surface area contributed by atoms with E-state index in [1.807, 2.05) is 0 Å². The minimum Gasteiger partial charge on any atom is -0.0879 e. The summed E-state index contributed by atoms with van der Waals surface area (Å²) in [5, 5.41) is 0. The Bertz CT molecular complexity index is 840. The predicted molar refractivity (Wildman–Crippen MR) is 149 cm³/mol. The fraction of sp³-hybridized carbons (Fsp3) is 0.588. The molecule has 0 radical (unpaired) electrons. The monoisotopic (exact) mass is 456 g/mol. The second kappa shape index (κ2) is 13.3. The van der Waals surface area contributed by atoms with E-state index < -0.39 is 0 Å². The van der Waals surface area contributed by atoms with Crippen molar-refractivity contribution in [3.63, 3.8) is 0 Å². The van der Waals surface area contributed by atoms with Crippen LogP contribution in [-0.4, -0.2) is 0 Å². The van der Waals surface area contributed by atoms with Gasteiger partial charge in [0.1, 0.15) is 0 Å². The molecule has 4 rings (SSSR count). The lowest BCUT2D eigenvalue weighted by Gasteiger charge is -2.28. The van der Waals surface area contributed by atoms with Gasteiger partial charge in [-0.3, -0.25) is 0 Å². The van der Waals surface area contributed by atoms with Gasteiger partial charge in [0.25, 0.3) is 0 Å². The highest BCUT2D eigenvalue weighted by Gasteiger charge is 2.22. The Morgan fingerprint density at radius 1 is 0.647 bits per heavy atom. The molecule has 0 amide bonds. The maximum absolute atomic E-state index is 2.52. The molecule has 0 nitrogen and oxygen atoms in total.